The van der Waals surface area contributed by atoms with Crippen molar-refractivity contribution in [2.24, 2.45) is 5.92 Å². The van der Waals surface area contributed by atoms with Crippen molar-refractivity contribution in [1.29, 1.82) is 0 Å². The normalized spacial score (nSPS) is 19.2. The van der Waals surface area contributed by atoms with Gasteiger partial charge < -0.3 is 5.32 Å². The number of hydrogen-bond donors (Lipinski definition) is 2. The van der Waals surface area contributed by atoms with Crippen molar-refractivity contribution in [3.63, 3.8) is 0 Å². The van der Waals surface area contributed by atoms with Crippen molar-refractivity contribution in [3.05, 3.63) is 29.6 Å². The molecule has 0 aromatic heterocycles. The first kappa shape index (κ1) is 16.4. The van der Waals surface area contributed by atoms with Gasteiger partial charge in [0.25, 0.3) is 0 Å². The summed E-state index contributed by atoms with van der Waals surface area (Å²) in [6.07, 6.45) is 0.943. The maximum atomic E-state index is 13.5. The minimum Gasteiger partial charge on any atom is -0.316 e. The largest absolute Gasteiger partial charge is 0.316 e. The van der Waals surface area contributed by atoms with Crippen LogP contribution in [-0.4, -0.2) is 28.1 Å². The van der Waals surface area contributed by atoms with Crippen LogP contribution in [0.5, 0.6) is 0 Å². The van der Waals surface area contributed by atoms with E-state index in [1.165, 1.54) is 12.1 Å². The Morgan fingerprint density at radius 2 is 2.21 bits per heavy atom. The highest BCUT2D eigenvalue weighted by Gasteiger charge is 2.22. The monoisotopic (exact) mass is 308 g/mol. The van der Waals surface area contributed by atoms with E-state index in [-0.39, 0.29) is 23.2 Å². The Bertz CT molecular complexity index is 531. The highest BCUT2D eigenvalue weighted by atomic mass is 35.5. The molecule has 2 N–H and O–H groups in total. The van der Waals surface area contributed by atoms with Gasteiger partial charge in [-0.1, -0.05) is 6.07 Å². The zero-order valence-corrected chi connectivity index (χ0v) is 12.3. The van der Waals surface area contributed by atoms with Crippen molar-refractivity contribution in [3.8, 4) is 0 Å². The summed E-state index contributed by atoms with van der Waals surface area (Å²) in [6, 6.07) is 4.08. The fourth-order valence-electron chi connectivity index (χ4n) is 2.01. The molecule has 0 saturated carbocycles. The first-order valence-corrected chi connectivity index (χ1v) is 7.44. The summed E-state index contributed by atoms with van der Waals surface area (Å²) in [5, 5.41) is 3.16. The van der Waals surface area contributed by atoms with Gasteiger partial charge in [-0.15, -0.1) is 12.4 Å². The molecule has 0 spiro atoms. The average Bonchev–Trinajstić information content (AvgIpc) is 2.83. The molecule has 1 aromatic carbocycles. The predicted octanol–water partition coefficient (Wildman–Crippen LogP) is 1.44. The molecule has 0 bridgehead atoms. The molecular formula is C12H18ClFN2O2S. The first-order valence-electron chi connectivity index (χ1n) is 5.95. The average molecular weight is 309 g/mol. The van der Waals surface area contributed by atoms with Gasteiger partial charge >= 0.3 is 0 Å². The Balaban J connectivity index is 0.00000180. The molecule has 1 saturated heterocycles. The van der Waals surface area contributed by atoms with Crippen molar-refractivity contribution in [2.75, 3.05) is 19.6 Å². The molecule has 1 fully saturated rings. The van der Waals surface area contributed by atoms with Crippen LogP contribution in [0, 0.1) is 18.7 Å². The number of halogens is 2. The highest BCUT2D eigenvalue weighted by molar-refractivity contribution is 7.89. The molecule has 4 nitrogen and oxygen atoms in total. The topological polar surface area (TPSA) is 58.2 Å². The van der Waals surface area contributed by atoms with Gasteiger partial charge in [0, 0.05) is 6.54 Å². The minimum absolute atomic E-state index is 0. The number of benzene rings is 1. The van der Waals surface area contributed by atoms with Crippen molar-refractivity contribution >= 4 is 22.4 Å². The minimum atomic E-state index is -3.75. The summed E-state index contributed by atoms with van der Waals surface area (Å²) >= 11 is 0. The Kier molecular flexibility index (Phi) is 5.73. The third-order valence-corrected chi connectivity index (χ3v) is 4.54. The molecule has 1 atom stereocenters. The van der Waals surface area contributed by atoms with Gasteiger partial charge in [-0.05, 0) is 50.0 Å². The van der Waals surface area contributed by atoms with Crippen LogP contribution >= 0.6 is 12.4 Å². The lowest BCUT2D eigenvalue weighted by Gasteiger charge is -2.11. The van der Waals surface area contributed by atoms with Crippen LogP contribution in [0.2, 0.25) is 0 Å². The summed E-state index contributed by atoms with van der Waals surface area (Å²) < 4.78 is 40.0. The predicted molar refractivity (Wildman–Crippen MR) is 74.6 cm³/mol. The molecule has 1 aliphatic rings. The van der Waals surface area contributed by atoms with E-state index in [4.69, 9.17) is 0 Å². The van der Waals surface area contributed by atoms with Crippen LogP contribution in [0.1, 0.15) is 12.0 Å². The lowest BCUT2D eigenvalue weighted by Crippen LogP contribution is -2.30. The summed E-state index contributed by atoms with van der Waals surface area (Å²) in [5.74, 6) is -0.426. The molecule has 108 valence electrons. The number of aryl methyl sites for hydroxylation is 1. The molecule has 1 aromatic rings. The number of nitrogens with one attached hydrogen (secondary N) is 2. The van der Waals surface area contributed by atoms with Crippen LogP contribution in [0.25, 0.3) is 0 Å². The van der Waals surface area contributed by atoms with Crippen molar-refractivity contribution < 1.29 is 12.8 Å². The lowest BCUT2D eigenvalue weighted by molar-refractivity contribution is 0.529. The second-order valence-corrected chi connectivity index (χ2v) is 6.38. The Hall–Kier alpha value is -0.690. The number of hydrogen-bond acceptors (Lipinski definition) is 3. The summed E-state index contributed by atoms with van der Waals surface area (Å²) in [6.45, 7) is 3.80. The third kappa shape index (κ3) is 4.14. The van der Waals surface area contributed by atoms with Gasteiger partial charge in [0.15, 0.2) is 0 Å². The van der Waals surface area contributed by atoms with E-state index in [0.29, 0.717) is 6.54 Å². The van der Waals surface area contributed by atoms with Crippen LogP contribution in [0.3, 0.4) is 0 Å². The molecule has 0 radical (unpaired) electrons. The molecule has 1 heterocycles. The van der Waals surface area contributed by atoms with Crippen LogP contribution in [-0.2, 0) is 10.0 Å². The smallest absolute Gasteiger partial charge is 0.243 e. The fourth-order valence-corrected chi connectivity index (χ4v) is 3.29. The highest BCUT2D eigenvalue weighted by Crippen LogP contribution is 2.16. The number of sulfonamides is 1. The van der Waals surface area contributed by atoms with Crippen LogP contribution in [0.15, 0.2) is 23.1 Å². The molecule has 19 heavy (non-hydrogen) atoms. The van der Waals surface area contributed by atoms with E-state index in [1.54, 1.807) is 13.0 Å². The molecule has 2 rings (SSSR count). The molecule has 7 heteroatoms. The second-order valence-electron chi connectivity index (χ2n) is 4.64. The van der Waals surface area contributed by atoms with Gasteiger partial charge in [-0.3, -0.25) is 0 Å². The quantitative estimate of drug-likeness (QED) is 0.885. The van der Waals surface area contributed by atoms with Crippen molar-refractivity contribution in [2.45, 2.75) is 18.2 Å². The van der Waals surface area contributed by atoms with Crippen LogP contribution in [0.4, 0.5) is 4.39 Å². The number of rotatable bonds is 4. The fraction of sp³-hybridized carbons (Fsp3) is 0.500. The van der Waals surface area contributed by atoms with E-state index in [2.05, 4.69) is 10.0 Å². The Morgan fingerprint density at radius 3 is 2.84 bits per heavy atom. The van der Waals surface area contributed by atoms with Gasteiger partial charge in [-0.25, -0.2) is 17.5 Å². The third-order valence-electron chi connectivity index (χ3n) is 3.10. The molecule has 1 aliphatic heterocycles. The van der Waals surface area contributed by atoms with Gasteiger partial charge in [-0.2, -0.15) is 0 Å². The van der Waals surface area contributed by atoms with Gasteiger partial charge in [0.05, 0.1) is 0 Å². The van der Waals surface area contributed by atoms with Gasteiger partial charge in [0.2, 0.25) is 10.0 Å². The SMILES string of the molecule is Cc1ccc(F)c(S(=O)(=O)NCC2CCNC2)c1.Cl. The summed E-state index contributed by atoms with van der Waals surface area (Å²) in [4.78, 5) is -0.270. The lowest BCUT2D eigenvalue weighted by atomic mass is 10.1. The molecule has 1 unspecified atom stereocenters. The van der Waals surface area contributed by atoms with E-state index < -0.39 is 15.8 Å². The standard InChI is InChI=1S/C12H17FN2O2S.ClH/c1-9-2-3-11(13)12(6-9)18(16,17)15-8-10-4-5-14-7-10;/h2-3,6,10,14-15H,4-5,7-8H2,1H3;1H. The summed E-state index contributed by atoms with van der Waals surface area (Å²) in [5.41, 5.74) is 0.722. The van der Waals surface area contributed by atoms with Crippen molar-refractivity contribution in [1.82, 2.24) is 10.0 Å². The Labute approximate surface area is 119 Å². The van der Waals surface area contributed by atoms with E-state index in [1.807, 2.05) is 0 Å². The van der Waals surface area contributed by atoms with Gasteiger partial charge in [0.1, 0.15) is 10.7 Å². The zero-order valence-electron chi connectivity index (χ0n) is 10.6. The van der Waals surface area contributed by atoms with E-state index in [0.717, 1.165) is 25.1 Å². The maximum Gasteiger partial charge on any atom is 0.243 e. The molecular weight excluding hydrogens is 291 g/mol. The van der Waals surface area contributed by atoms with E-state index in [9.17, 15) is 12.8 Å². The first-order chi connectivity index (χ1) is 8.49. The molecule has 0 amide bonds. The molecule has 0 aliphatic carbocycles. The summed E-state index contributed by atoms with van der Waals surface area (Å²) in [7, 11) is -3.75. The maximum absolute atomic E-state index is 13.5. The van der Waals surface area contributed by atoms with Crippen LogP contribution < -0.4 is 10.0 Å². The second kappa shape index (κ2) is 6.65. The zero-order chi connectivity index (χ0) is 13.2. The van der Waals surface area contributed by atoms with E-state index >= 15 is 0 Å². The Morgan fingerprint density at radius 1 is 1.47 bits per heavy atom.